The molecule has 4 heteroatoms. The molecule has 0 saturated heterocycles. The first-order valence-electron chi connectivity index (χ1n) is 6.50. The summed E-state index contributed by atoms with van der Waals surface area (Å²) in [5.41, 5.74) is 1.26. The molecule has 1 aromatic carbocycles. The van der Waals surface area contributed by atoms with E-state index < -0.39 is 0 Å². The fourth-order valence-electron chi connectivity index (χ4n) is 1.54. The summed E-state index contributed by atoms with van der Waals surface area (Å²) in [6, 6.07) is 5.99. The number of ether oxygens (including phenoxy) is 2. The smallest absolute Gasteiger partial charge is 0.127 e. The Morgan fingerprint density at radius 3 is 2.58 bits per heavy atom. The van der Waals surface area contributed by atoms with Gasteiger partial charge in [-0.15, -0.1) is 0 Å². The number of thioether (sulfide) groups is 1. The second-order valence-electron chi connectivity index (χ2n) is 5.42. The van der Waals surface area contributed by atoms with Gasteiger partial charge in [-0.2, -0.15) is 11.8 Å². The van der Waals surface area contributed by atoms with Crippen LogP contribution in [0.15, 0.2) is 18.2 Å². The van der Waals surface area contributed by atoms with E-state index in [4.69, 9.17) is 9.47 Å². The molecule has 0 aromatic heterocycles. The van der Waals surface area contributed by atoms with Crippen LogP contribution >= 0.6 is 11.8 Å². The molecular formula is C15H25NO2S. The highest BCUT2D eigenvalue weighted by atomic mass is 32.2. The number of benzene rings is 1. The van der Waals surface area contributed by atoms with Crippen molar-refractivity contribution in [1.82, 2.24) is 5.32 Å². The predicted molar refractivity (Wildman–Crippen MR) is 83.5 cm³/mol. The summed E-state index contributed by atoms with van der Waals surface area (Å²) in [7, 11) is 1.67. The second kappa shape index (κ2) is 7.65. The van der Waals surface area contributed by atoms with E-state index in [0.717, 1.165) is 36.0 Å². The first-order chi connectivity index (χ1) is 8.96. The zero-order chi connectivity index (χ0) is 14.3. The summed E-state index contributed by atoms with van der Waals surface area (Å²) < 4.78 is 11.1. The SMILES string of the molecule is COc1ccc(CNC(C)(C)C)c(OCCSC)c1. The third kappa shape index (κ3) is 6.21. The molecule has 0 aliphatic heterocycles. The molecule has 0 aliphatic rings. The third-order valence-electron chi connectivity index (χ3n) is 2.63. The number of methoxy groups -OCH3 is 1. The van der Waals surface area contributed by atoms with Crippen LogP contribution in [0.2, 0.25) is 0 Å². The van der Waals surface area contributed by atoms with Crippen molar-refractivity contribution in [2.45, 2.75) is 32.9 Å². The van der Waals surface area contributed by atoms with Crippen LogP contribution in [0.3, 0.4) is 0 Å². The Labute approximate surface area is 121 Å². The van der Waals surface area contributed by atoms with Crippen LogP contribution in [0.25, 0.3) is 0 Å². The van der Waals surface area contributed by atoms with Crippen molar-refractivity contribution >= 4 is 11.8 Å². The highest BCUT2D eigenvalue weighted by Gasteiger charge is 2.11. The van der Waals surface area contributed by atoms with Crippen LogP contribution in [0.4, 0.5) is 0 Å². The Hall–Kier alpha value is -0.870. The molecule has 0 spiro atoms. The zero-order valence-electron chi connectivity index (χ0n) is 12.6. The normalized spacial score (nSPS) is 11.4. The lowest BCUT2D eigenvalue weighted by molar-refractivity contribution is 0.331. The Kier molecular flexibility index (Phi) is 6.52. The molecule has 0 atom stereocenters. The van der Waals surface area contributed by atoms with Crippen molar-refractivity contribution < 1.29 is 9.47 Å². The summed E-state index contributed by atoms with van der Waals surface area (Å²) in [4.78, 5) is 0. The summed E-state index contributed by atoms with van der Waals surface area (Å²) in [6.45, 7) is 7.99. The summed E-state index contributed by atoms with van der Waals surface area (Å²) in [5.74, 6) is 2.73. The van der Waals surface area contributed by atoms with Gasteiger partial charge in [0.2, 0.25) is 0 Å². The topological polar surface area (TPSA) is 30.5 Å². The van der Waals surface area contributed by atoms with Crippen molar-refractivity contribution in [1.29, 1.82) is 0 Å². The zero-order valence-corrected chi connectivity index (χ0v) is 13.4. The molecule has 0 bridgehead atoms. The van der Waals surface area contributed by atoms with E-state index in [1.54, 1.807) is 18.9 Å². The molecule has 1 rings (SSSR count). The van der Waals surface area contributed by atoms with E-state index in [2.05, 4.69) is 38.4 Å². The standard InChI is InChI=1S/C15H25NO2S/c1-15(2,3)16-11-12-6-7-13(17-4)10-14(12)18-8-9-19-5/h6-7,10,16H,8-9,11H2,1-5H3. The van der Waals surface area contributed by atoms with Crippen LogP contribution in [-0.2, 0) is 6.54 Å². The largest absolute Gasteiger partial charge is 0.497 e. The van der Waals surface area contributed by atoms with Gasteiger partial charge in [0.05, 0.1) is 13.7 Å². The van der Waals surface area contributed by atoms with Crippen molar-refractivity contribution in [2.24, 2.45) is 0 Å². The minimum absolute atomic E-state index is 0.0937. The van der Waals surface area contributed by atoms with Crippen LogP contribution < -0.4 is 14.8 Å². The monoisotopic (exact) mass is 283 g/mol. The lowest BCUT2D eigenvalue weighted by Gasteiger charge is -2.22. The number of rotatable bonds is 7. The number of nitrogens with one attached hydrogen (secondary N) is 1. The predicted octanol–water partition coefficient (Wildman–Crippen LogP) is 3.33. The van der Waals surface area contributed by atoms with Gasteiger partial charge in [-0.05, 0) is 33.1 Å². The highest BCUT2D eigenvalue weighted by Crippen LogP contribution is 2.25. The summed E-state index contributed by atoms with van der Waals surface area (Å²) >= 11 is 1.78. The van der Waals surface area contributed by atoms with Crippen molar-refractivity contribution in [3.8, 4) is 11.5 Å². The lowest BCUT2D eigenvalue weighted by atomic mass is 10.1. The molecule has 0 unspecified atom stereocenters. The first kappa shape index (κ1) is 16.2. The molecule has 0 radical (unpaired) electrons. The molecule has 1 N–H and O–H groups in total. The van der Waals surface area contributed by atoms with Crippen LogP contribution in [0.1, 0.15) is 26.3 Å². The summed E-state index contributed by atoms with van der Waals surface area (Å²) in [6.07, 6.45) is 2.08. The molecule has 19 heavy (non-hydrogen) atoms. The van der Waals surface area contributed by atoms with Gasteiger partial charge in [-0.1, -0.05) is 6.07 Å². The van der Waals surface area contributed by atoms with Crippen LogP contribution in [0, 0.1) is 0 Å². The van der Waals surface area contributed by atoms with Gasteiger partial charge >= 0.3 is 0 Å². The Morgan fingerprint density at radius 2 is 2.00 bits per heavy atom. The van der Waals surface area contributed by atoms with Gasteiger partial charge in [0.1, 0.15) is 11.5 Å². The van der Waals surface area contributed by atoms with Crippen molar-refractivity contribution in [3.63, 3.8) is 0 Å². The molecule has 108 valence electrons. The van der Waals surface area contributed by atoms with Crippen molar-refractivity contribution in [3.05, 3.63) is 23.8 Å². The highest BCUT2D eigenvalue weighted by molar-refractivity contribution is 7.98. The maximum absolute atomic E-state index is 5.84. The van der Waals surface area contributed by atoms with Gasteiger partial charge in [0.25, 0.3) is 0 Å². The average molecular weight is 283 g/mol. The maximum atomic E-state index is 5.84. The maximum Gasteiger partial charge on any atom is 0.127 e. The van der Waals surface area contributed by atoms with Crippen molar-refractivity contribution in [2.75, 3.05) is 25.7 Å². The van der Waals surface area contributed by atoms with E-state index in [1.165, 1.54) is 0 Å². The van der Waals surface area contributed by atoms with Gasteiger partial charge in [0.15, 0.2) is 0 Å². The molecule has 0 heterocycles. The fourth-order valence-corrected chi connectivity index (χ4v) is 1.79. The summed E-state index contributed by atoms with van der Waals surface area (Å²) in [5, 5.41) is 3.48. The molecule has 0 aliphatic carbocycles. The molecular weight excluding hydrogens is 258 g/mol. The Balaban J connectivity index is 2.76. The van der Waals surface area contributed by atoms with E-state index in [1.807, 2.05) is 12.1 Å². The second-order valence-corrected chi connectivity index (χ2v) is 6.40. The van der Waals surface area contributed by atoms with E-state index in [0.29, 0.717) is 0 Å². The van der Waals surface area contributed by atoms with Gasteiger partial charge in [-0.25, -0.2) is 0 Å². The van der Waals surface area contributed by atoms with E-state index in [-0.39, 0.29) is 5.54 Å². The van der Waals surface area contributed by atoms with Gasteiger partial charge in [-0.3, -0.25) is 0 Å². The Bertz CT molecular complexity index is 388. The first-order valence-corrected chi connectivity index (χ1v) is 7.89. The number of hydrogen-bond donors (Lipinski definition) is 1. The minimum Gasteiger partial charge on any atom is -0.497 e. The molecule has 0 amide bonds. The van der Waals surface area contributed by atoms with Gasteiger partial charge in [0, 0.05) is 29.5 Å². The average Bonchev–Trinajstić information content (AvgIpc) is 2.36. The van der Waals surface area contributed by atoms with Gasteiger partial charge < -0.3 is 14.8 Å². The fraction of sp³-hybridized carbons (Fsp3) is 0.600. The van der Waals surface area contributed by atoms with Crippen LogP contribution in [-0.4, -0.2) is 31.3 Å². The van der Waals surface area contributed by atoms with E-state index in [9.17, 15) is 0 Å². The number of hydrogen-bond acceptors (Lipinski definition) is 4. The third-order valence-corrected chi connectivity index (χ3v) is 3.20. The molecule has 0 saturated carbocycles. The van der Waals surface area contributed by atoms with E-state index >= 15 is 0 Å². The quantitative estimate of drug-likeness (QED) is 0.778. The molecule has 1 aromatic rings. The minimum atomic E-state index is 0.0937. The molecule has 0 fully saturated rings. The molecule has 3 nitrogen and oxygen atoms in total. The Morgan fingerprint density at radius 1 is 1.26 bits per heavy atom. The van der Waals surface area contributed by atoms with Crippen LogP contribution in [0.5, 0.6) is 11.5 Å². The lowest BCUT2D eigenvalue weighted by Crippen LogP contribution is -2.35.